The molecule has 21 heavy (non-hydrogen) atoms. The standard InChI is InChI=1S/C14H25N3O3S/c1-16-13(8-9-15-16)14-7-3-4-10-17(14)21(18,19)12-6-5-11-20-2/h8-9,14H,3-7,10-12H2,1-2H3/t14-/m1/s1. The fraction of sp³-hybridized carbons (Fsp3) is 0.786. The van der Waals surface area contributed by atoms with Gasteiger partial charge in [-0.15, -0.1) is 0 Å². The Kier molecular flexibility index (Phi) is 5.78. The number of hydrogen-bond acceptors (Lipinski definition) is 4. The van der Waals surface area contributed by atoms with Gasteiger partial charge in [0.05, 0.1) is 17.5 Å². The third-order valence-corrected chi connectivity index (χ3v) is 5.97. The average molecular weight is 315 g/mol. The van der Waals surface area contributed by atoms with Crippen LogP contribution in [0.3, 0.4) is 0 Å². The highest BCUT2D eigenvalue weighted by Crippen LogP contribution is 2.33. The van der Waals surface area contributed by atoms with E-state index in [1.165, 1.54) is 0 Å². The van der Waals surface area contributed by atoms with Crippen LogP contribution in [0.15, 0.2) is 12.3 Å². The summed E-state index contributed by atoms with van der Waals surface area (Å²) in [6.07, 6.45) is 6.02. The molecule has 1 atom stereocenters. The van der Waals surface area contributed by atoms with Crippen LogP contribution in [0.25, 0.3) is 0 Å². The fourth-order valence-electron chi connectivity index (χ4n) is 2.89. The molecule has 0 unspecified atom stereocenters. The van der Waals surface area contributed by atoms with Crippen molar-refractivity contribution in [2.24, 2.45) is 7.05 Å². The first-order valence-electron chi connectivity index (χ1n) is 7.52. The van der Waals surface area contributed by atoms with E-state index in [9.17, 15) is 8.42 Å². The minimum absolute atomic E-state index is 0.0707. The van der Waals surface area contributed by atoms with Gasteiger partial charge < -0.3 is 4.74 Å². The second-order valence-electron chi connectivity index (χ2n) is 5.52. The molecule has 0 aromatic carbocycles. The zero-order valence-corrected chi connectivity index (χ0v) is 13.7. The Hall–Kier alpha value is -0.920. The molecule has 0 bridgehead atoms. The average Bonchev–Trinajstić information content (AvgIpc) is 2.90. The number of methoxy groups -OCH3 is 1. The summed E-state index contributed by atoms with van der Waals surface area (Å²) in [4.78, 5) is 0. The molecule has 0 saturated carbocycles. The van der Waals surface area contributed by atoms with E-state index in [1.54, 1.807) is 22.3 Å². The summed E-state index contributed by atoms with van der Waals surface area (Å²) in [6, 6.07) is 1.85. The molecule has 0 N–H and O–H groups in total. The second kappa shape index (κ2) is 7.38. The van der Waals surface area contributed by atoms with Gasteiger partial charge in [-0.05, 0) is 31.7 Å². The fourth-order valence-corrected chi connectivity index (χ4v) is 4.70. The number of hydrogen-bond donors (Lipinski definition) is 0. The maximum Gasteiger partial charge on any atom is 0.214 e. The van der Waals surface area contributed by atoms with E-state index in [0.29, 0.717) is 19.6 Å². The normalized spacial score (nSPS) is 20.8. The summed E-state index contributed by atoms with van der Waals surface area (Å²) in [7, 11) is 0.286. The van der Waals surface area contributed by atoms with Crippen LogP contribution in [0, 0.1) is 0 Å². The number of sulfonamides is 1. The van der Waals surface area contributed by atoms with E-state index in [1.807, 2.05) is 13.1 Å². The van der Waals surface area contributed by atoms with Crippen LogP contribution in [0.1, 0.15) is 43.8 Å². The Bertz CT molecular complexity index is 541. The molecule has 120 valence electrons. The number of aromatic nitrogens is 2. The lowest BCUT2D eigenvalue weighted by atomic mass is 10.0. The SMILES string of the molecule is COCCCCS(=O)(=O)N1CCCC[C@@H]1c1ccnn1C. The first-order chi connectivity index (χ1) is 10.1. The number of rotatable bonds is 7. The summed E-state index contributed by atoms with van der Waals surface area (Å²) < 4.78 is 33.7. The largest absolute Gasteiger partial charge is 0.385 e. The number of piperidine rings is 1. The molecule has 2 rings (SSSR count). The van der Waals surface area contributed by atoms with Crippen molar-refractivity contribution >= 4 is 10.0 Å². The zero-order valence-electron chi connectivity index (χ0n) is 12.9. The highest BCUT2D eigenvalue weighted by molar-refractivity contribution is 7.89. The number of aryl methyl sites for hydroxylation is 1. The van der Waals surface area contributed by atoms with E-state index >= 15 is 0 Å². The molecule has 1 fully saturated rings. The predicted molar refractivity (Wildman–Crippen MR) is 81.4 cm³/mol. The smallest absolute Gasteiger partial charge is 0.214 e. The van der Waals surface area contributed by atoms with Crippen LogP contribution < -0.4 is 0 Å². The van der Waals surface area contributed by atoms with Crippen molar-refractivity contribution in [3.05, 3.63) is 18.0 Å². The van der Waals surface area contributed by atoms with Crippen LogP contribution in [0.2, 0.25) is 0 Å². The zero-order chi connectivity index (χ0) is 15.3. The number of nitrogens with zero attached hydrogens (tertiary/aromatic N) is 3. The van der Waals surface area contributed by atoms with Crippen LogP contribution in [-0.4, -0.2) is 48.5 Å². The molecule has 6 nitrogen and oxygen atoms in total. The Morgan fingerprint density at radius 2 is 2.19 bits per heavy atom. The molecular weight excluding hydrogens is 290 g/mol. The summed E-state index contributed by atoms with van der Waals surface area (Å²) in [5.74, 6) is 0.199. The minimum atomic E-state index is -3.22. The van der Waals surface area contributed by atoms with Gasteiger partial charge in [0.2, 0.25) is 10.0 Å². The maximum absolute atomic E-state index is 12.6. The van der Waals surface area contributed by atoms with Gasteiger partial charge in [-0.1, -0.05) is 6.42 Å². The van der Waals surface area contributed by atoms with E-state index < -0.39 is 10.0 Å². The summed E-state index contributed by atoms with van der Waals surface area (Å²) in [5.41, 5.74) is 0.982. The van der Waals surface area contributed by atoms with Crippen molar-refractivity contribution in [1.29, 1.82) is 0 Å². The van der Waals surface area contributed by atoms with Crippen molar-refractivity contribution in [2.45, 2.75) is 38.1 Å². The second-order valence-corrected chi connectivity index (χ2v) is 7.56. The Morgan fingerprint density at radius 3 is 2.86 bits per heavy atom. The molecule has 1 saturated heterocycles. The first-order valence-corrected chi connectivity index (χ1v) is 9.13. The van der Waals surface area contributed by atoms with E-state index in [2.05, 4.69) is 5.10 Å². The molecule has 7 heteroatoms. The molecule has 1 aliphatic rings. The van der Waals surface area contributed by atoms with Gasteiger partial charge in [0, 0.05) is 33.5 Å². The molecule has 1 aromatic heterocycles. The minimum Gasteiger partial charge on any atom is -0.385 e. The quantitative estimate of drug-likeness (QED) is 0.719. The van der Waals surface area contributed by atoms with Gasteiger partial charge in [0.1, 0.15) is 0 Å². The van der Waals surface area contributed by atoms with Crippen molar-refractivity contribution in [3.63, 3.8) is 0 Å². The van der Waals surface area contributed by atoms with Crippen molar-refractivity contribution in [2.75, 3.05) is 26.0 Å². The lowest BCUT2D eigenvalue weighted by molar-refractivity contribution is 0.194. The van der Waals surface area contributed by atoms with E-state index in [4.69, 9.17) is 4.74 Å². The lowest BCUT2D eigenvalue weighted by Crippen LogP contribution is -2.40. The lowest BCUT2D eigenvalue weighted by Gasteiger charge is -2.34. The number of unbranched alkanes of at least 4 members (excludes halogenated alkanes) is 1. The molecule has 1 aliphatic heterocycles. The van der Waals surface area contributed by atoms with Crippen LogP contribution >= 0.6 is 0 Å². The van der Waals surface area contributed by atoms with Gasteiger partial charge in [0.15, 0.2) is 0 Å². The van der Waals surface area contributed by atoms with Crippen molar-refractivity contribution in [1.82, 2.24) is 14.1 Å². The molecule has 1 aromatic rings. The summed E-state index contributed by atoms with van der Waals surface area (Å²) in [5, 5.41) is 4.17. The van der Waals surface area contributed by atoms with Crippen LogP contribution in [0.5, 0.6) is 0 Å². The van der Waals surface area contributed by atoms with Gasteiger partial charge in [-0.3, -0.25) is 4.68 Å². The van der Waals surface area contributed by atoms with E-state index in [-0.39, 0.29) is 11.8 Å². The van der Waals surface area contributed by atoms with Crippen molar-refractivity contribution in [3.8, 4) is 0 Å². The van der Waals surface area contributed by atoms with Gasteiger partial charge in [-0.2, -0.15) is 9.40 Å². The van der Waals surface area contributed by atoms with Gasteiger partial charge in [0.25, 0.3) is 0 Å². The Labute approximate surface area is 127 Å². The molecular formula is C14H25N3O3S. The highest BCUT2D eigenvalue weighted by Gasteiger charge is 2.34. The third-order valence-electron chi connectivity index (χ3n) is 4.01. The first kappa shape index (κ1) is 16.5. The van der Waals surface area contributed by atoms with Crippen LogP contribution in [-0.2, 0) is 21.8 Å². The molecule has 0 radical (unpaired) electrons. The van der Waals surface area contributed by atoms with Gasteiger partial charge in [-0.25, -0.2) is 8.42 Å². The molecule has 2 heterocycles. The van der Waals surface area contributed by atoms with Gasteiger partial charge >= 0.3 is 0 Å². The molecule has 0 aliphatic carbocycles. The van der Waals surface area contributed by atoms with E-state index in [0.717, 1.165) is 31.4 Å². The molecule has 0 amide bonds. The monoisotopic (exact) mass is 315 g/mol. The maximum atomic E-state index is 12.6. The molecule has 0 spiro atoms. The predicted octanol–water partition coefficient (Wildman–Crippen LogP) is 1.70. The third kappa shape index (κ3) is 4.05. The summed E-state index contributed by atoms with van der Waals surface area (Å²) >= 11 is 0. The topological polar surface area (TPSA) is 64.4 Å². The highest BCUT2D eigenvalue weighted by atomic mass is 32.2. The Balaban J connectivity index is 2.09. The number of ether oxygens (including phenoxy) is 1. The Morgan fingerprint density at radius 1 is 1.38 bits per heavy atom. The van der Waals surface area contributed by atoms with Crippen molar-refractivity contribution < 1.29 is 13.2 Å². The summed E-state index contributed by atoms with van der Waals surface area (Å²) in [6.45, 7) is 1.23. The van der Waals surface area contributed by atoms with Crippen LogP contribution in [0.4, 0.5) is 0 Å².